The fourth-order valence-electron chi connectivity index (χ4n) is 9.59. The second-order valence-electron chi connectivity index (χ2n) is 13.5. The van der Waals surface area contributed by atoms with Crippen LogP contribution in [0.25, 0.3) is 27.4 Å². The maximum absolute atomic E-state index is 13.1. The van der Waals surface area contributed by atoms with Crippen molar-refractivity contribution in [3.8, 4) is 0 Å². The molecular formula is C36H44N4O. The van der Waals surface area contributed by atoms with E-state index >= 15 is 0 Å². The first kappa shape index (κ1) is 25.9. The number of hydrogen-bond acceptors (Lipinski definition) is 4. The number of aliphatic hydroxyl groups is 1. The van der Waals surface area contributed by atoms with Crippen LogP contribution < -0.4 is 0 Å². The van der Waals surface area contributed by atoms with E-state index in [1.165, 1.54) is 55.0 Å². The maximum atomic E-state index is 13.1. The Morgan fingerprint density at radius 3 is 2.71 bits per heavy atom. The van der Waals surface area contributed by atoms with Gasteiger partial charge in [0, 0.05) is 40.5 Å². The predicted molar refractivity (Wildman–Crippen MR) is 168 cm³/mol. The summed E-state index contributed by atoms with van der Waals surface area (Å²) in [6, 6.07) is 11.3. The van der Waals surface area contributed by atoms with Crippen LogP contribution in [0, 0.1) is 11.3 Å². The summed E-state index contributed by atoms with van der Waals surface area (Å²) >= 11 is 0. The van der Waals surface area contributed by atoms with Crippen LogP contribution >= 0.6 is 0 Å². The van der Waals surface area contributed by atoms with Crippen LogP contribution in [0.4, 0.5) is 0 Å². The first-order valence-electron chi connectivity index (χ1n) is 16.3. The molecule has 41 heavy (non-hydrogen) atoms. The lowest BCUT2D eigenvalue weighted by atomic mass is 9.54. The number of aromatic nitrogens is 2. The molecule has 3 unspecified atom stereocenters. The fourth-order valence-corrected chi connectivity index (χ4v) is 9.59. The van der Waals surface area contributed by atoms with Crippen molar-refractivity contribution in [2.75, 3.05) is 26.2 Å². The van der Waals surface area contributed by atoms with Crippen molar-refractivity contribution in [2.45, 2.75) is 81.9 Å². The summed E-state index contributed by atoms with van der Waals surface area (Å²) in [6.07, 6.45) is 25.2. The number of allylic oxidation sites excluding steroid dienone is 4. The standard InChI is InChI=1S/C36H44N4O/c41-36-18-10-4-1-2-5-11-20-39-22-17-30(35(25-39)23-26-13-7-3-6-12-21-40(26)34(35)36)29(24-36)32-33-28(16-19-37-32)27-14-8-9-15-31(27)38-33/h1,4,7-9,13-16,19,24,26,30,34,38,41H,2-3,5-6,10-12,17-18,20-23,25H2/b4-1-,13-7-/t26?,30-,34+,35?,36-/m0/s1. The van der Waals surface area contributed by atoms with Gasteiger partial charge in [0.15, 0.2) is 0 Å². The Labute approximate surface area is 244 Å². The molecule has 4 aliphatic heterocycles. The molecule has 3 bridgehead atoms. The van der Waals surface area contributed by atoms with E-state index in [2.05, 4.69) is 75.5 Å². The highest BCUT2D eigenvalue weighted by atomic mass is 16.3. The van der Waals surface area contributed by atoms with Crippen LogP contribution in [-0.4, -0.2) is 68.7 Å². The Hall–Kier alpha value is -2.73. The summed E-state index contributed by atoms with van der Waals surface area (Å²) in [5, 5.41) is 15.5. The molecule has 5 aliphatic rings. The number of aromatic amines is 1. The van der Waals surface area contributed by atoms with Gasteiger partial charge in [-0.3, -0.25) is 9.88 Å². The van der Waals surface area contributed by atoms with Gasteiger partial charge in [0.2, 0.25) is 0 Å². The lowest BCUT2D eigenvalue weighted by Crippen LogP contribution is -2.65. The number of para-hydroxylation sites is 1. The Kier molecular flexibility index (Phi) is 6.46. The molecule has 0 saturated carbocycles. The molecule has 6 atom stereocenters. The van der Waals surface area contributed by atoms with Crippen LogP contribution in [0.5, 0.6) is 0 Å². The highest BCUT2D eigenvalue weighted by Crippen LogP contribution is 2.61. The molecule has 5 heteroatoms. The molecule has 0 amide bonds. The minimum atomic E-state index is -0.898. The minimum absolute atomic E-state index is 0.00403. The largest absolute Gasteiger partial charge is 0.384 e. The van der Waals surface area contributed by atoms with Gasteiger partial charge in [-0.1, -0.05) is 42.5 Å². The van der Waals surface area contributed by atoms with Crippen LogP contribution in [0.2, 0.25) is 0 Å². The van der Waals surface area contributed by atoms with Crippen molar-refractivity contribution in [3.63, 3.8) is 0 Å². The van der Waals surface area contributed by atoms with Gasteiger partial charge in [-0.15, -0.1) is 0 Å². The van der Waals surface area contributed by atoms with Gasteiger partial charge in [0.25, 0.3) is 0 Å². The number of fused-ring (bicyclic) bond motifs is 5. The molecule has 2 saturated heterocycles. The van der Waals surface area contributed by atoms with Gasteiger partial charge in [0.1, 0.15) is 0 Å². The zero-order valence-corrected chi connectivity index (χ0v) is 24.3. The third kappa shape index (κ3) is 4.18. The van der Waals surface area contributed by atoms with Crippen LogP contribution in [0.1, 0.15) is 69.9 Å². The molecule has 1 aromatic carbocycles. The van der Waals surface area contributed by atoms with E-state index < -0.39 is 5.60 Å². The summed E-state index contributed by atoms with van der Waals surface area (Å²) in [4.78, 5) is 14.4. The van der Waals surface area contributed by atoms with E-state index in [4.69, 9.17) is 4.98 Å². The van der Waals surface area contributed by atoms with Gasteiger partial charge in [-0.05, 0) is 114 Å². The molecule has 1 aliphatic carbocycles. The average molecular weight is 549 g/mol. The van der Waals surface area contributed by atoms with Gasteiger partial charge < -0.3 is 15.0 Å². The summed E-state index contributed by atoms with van der Waals surface area (Å²) in [5.74, 6) is 0.385. The van der Waals surface area contributed by atoms with E-state index in [1.807, 2.05) is 6.20 Å². The highest BCUT2D eigenvalue weighted by molar-refractivity contribution is 6.09. The molecule has 2 fully saturated rings. The zero-order chi connectivity index (χ0) is 27.4. The molecule has 3 aromatic rings. The van der Waals surface area contributed by atoms with Crippen molar-refractivity contribution in [1.82, 2.24) is 19.8 Å². The van der Waals surface area contributed by atoms with E-state index in [1.54, 1.807) is 0 Å². The molecule has 8 rings (SSSR count). The van der Waals surface area contributed by atoms with E-state index in [-0.39, 0.29) is 11.5 Å². The Morgan fingerprint density at radius 1 is 0.902 bits per heavy atom. The first-order valence-corrected chi connectivity index (χ1v) is 16.3. The van der Waals surface area contributed by atoms with Crippen LogP contribution in [0.3, 0.4) is 0 Å². The second-order valence-corrected chi connectivity index (χ2v) is 13.5. The van der Waals surface area contributed by atoms with E-state index in [0.717, 1.165) is 68.5 Å². The Morgan fingerprint density at radius 2 is 1.76 bits per heavy atom. The number of nitrogens with zero attached hydrogens (tertiary/aromatic N) is 3. The van der Waals surface area contributed by atoms with Crippen molar-refractivity contribution in [1.29, 1.82) is 0 Å². The van der Waals surface area contributed by atoms with Crippen LogP contribution in [-0.2, 0) is 0 Å². The fraction of sp³-hybridized carbons (Fsp3) is 0.528. The second kappa shape index (κ2) is 10.2. The van der Waals surface area contributed by atoms with Gasteiger partial charge in [-0.2, -0.15) is 0 Å². The number of rotatable bonds is 1. The molecule has 6 heterocycles. The molecule has 5 nitrogen and oxygen atoms in total. The number of H-pyrrole nitrogens is 1. The quantitative estimate of drug-likeness (QED) is 0.326. The number of hydrogen-bond donors (Lipinski definition) is 2. The van der Waals surface area contributed by atoms with Crippen molar-refractivity contribution in [2.24, 2.45) is 11.3 Å². The zero-order valence-electron chi connectivity index (χ0n) is 24.3. The van der Waals surface area contributed by atoms with Gasteiger partial charge >= 0.3 is 0 Å². The van der Waals surface area contributed by atoms with Crippen molar-refractivity contribution >= 4 is 27.4 Å². The smallest absolute Gasteiger partial charge is 0.0998 e. The molecule has 214 valence electrons. The van der Waals surface area contributed by atoms with E-state index in [9.17, 15) is 5.11 Å². The monoisotopic (exact) mass is 548 g/mol. The number of pyridine rings is 1. The lowest BCUT2D eigenvalue weighted by Gasteiger charge is -2.58. The van der Waals surface area contributed by atoms with Gasteiger partial charge in [-0.25, -0.2) is 0 Å². The normalized spacial score (nSPS) is 37.6. The molecule has 2 aromatic heterocycles. The summed E-state index contributed by atoms with van der Waals surface area (Å²) < 4.78 is 0. The summed E-state index contributed by atoms with van der Waals surface area (Å²) in [6.45, 7) is 4.47. The maximum Gasteiger partial charge on any atom is 0.0998 e. The summed E-state index contributed by atoms with van der Waals surface area (Å²) in [5.41, 5.74) is 3.74. The number of benzene rings is 1. The van der Waals surface area contributed by atoms with Crippen LogP contribution in [0.15, 0.2) is 66.9 Å². The SMILES string of the molecule is O[C@]12C=C(c3nccc4c3[nH]c3ccccc34)[C@@H]3CCN(CCCC/C=C\CC1)CC31CC3/C=C\CCCCN3[C@H]12. The average Bonchev–Trinajstić information content (AvgIpc) is 3.49. The van der Waals surface area contributed by atoms with Crippen molar-refractivity contribution < 1.29 is 5.11 Å². The molecule has 0 radical (unpaired) electrons. The Balaban J connectivity index is 1.35. The molecule has 1 spiro atoms. The first-order chi connectivity index (χ1) is 20.2. The van der Waals surface area contributed by atoms with Gasteiger partial charge in [0.05, 0.1) is 22.9 Å². The lowest BCUT2D eigenvalue weighted by molar-refractivity contribution is -0.0894. The third-order valence-corrected chi connectivity index (χ3v) is 11.2. The minimum Gasteiger partial charge on any atom is -0.384 e. The van der Waals surface area contributed by atoms with Crippen molar-refractivity contribution in [3.05, 3.63) is 72.6 Å². The van der Waals surface area contributed by atoms with E-state index in [0.29, 0.717) is 12.0 Å². The topological polar surface area (TPSA) is 55.4 Å². The third-order valence-electron chi connectivity index (χ3n) is 11.2. The predicted octanol–water partition coefficient (Wildman–Crippen LogP) is 6.86. The molecular weight excluding hydrogens is 504 g/mol. The number of piperidine rings is 1. The highest BCUT2D eigenvalue weighted by Gasteiger charge is 2.65. The Bertz CT molecular complexity index is 1530. The molecule has 2 N–H and O–H groups in total. The number of nitrogens with one attached hydrogen (secondary N) is 1. The summed E-state index contributed by atoms with van der Waals surface area (Å²) in [7, 11) is 0.